The van der Waals surface area contributed by atoms with Crippen molar-refractivity contribution in [1.82, 2.24) is 9.80 Å². The summed E-state index contributed by atoms with van der Waals surface area (Å²) in [4.78, 5) is 5.34. The van der Waals surface area contributed by atoms with Crippen molar-refractivity contribution in [3.8, 4) is 5.75 Å². The summed E-state index contributed by atoms with van der Waals surface area (Å²) in [6, 6.07) is 10.00. The molecule has 1 aliphatic heterocycles. The topological polar surface area (TPSA) is 15.7 Å². The first-order valence-electron chi connectivity index (χ1n) is 9.27. The summed E-state index contributed by atoms with van der Waals surface area (Å²) in [5.41, 5.74) is 1.33. The van der Waals surface area contributed by atoms with Crippen LogP contribution in [0.3, 0.4) is 0 Å². The number of nitrogens with zero attached hydrogens (tertiary/aromatic N) is 2. The molecule has 1 heterocycles. The molecule has 1 aromatic carbocycles. The van der Waals surface area contributed by atoms with Crippen LogP contribution in [-0.2, 0) is 6.54 Å². The van der Waals surface area contributed by atoms with Gasteiger partial charge < -0.3 is 9.64 Å². The lowest BCUT2D eigenvalue weighted by atomic mass is 9.95. The summed E-state index contributed by atoms with van der Waals surface area (Å²) in [5, 5.41) is 0. The fraction of sp³-hybridized carbons (Fsp3) is 0.700. The predicted octanol–water partition coefficient (Wildman–Crippen LogP) is 3.78. The minimum atomic E-state index is 0.698. The van der Waals surface area contributed by atoms with Gasteiger partial charge in [0, 0.05) is 30.7 Å². The monoisotopic (exact) mass is 316 g/mol. The Morgan fingerprint density at radius 1 is 1.13 bits per heavy atom. The Bertz CT molecular complexity index is 490. The number of benzene rings is 1. The number of methoxy groups -OCH3 is 1. The van der Waals surface area contributed by atoms with Crippen molar-refractivity contribution in [3.05, 3.63) is 29.8 Å². The molecule has 3 heteroatoms. The van der Waals surface area contributed by atoms with E-state index in [9.17, 15) is 0 Å². The zero-order valence-corrected chi connectivity index (χ0v) is 15.0. The van der Waals surface area contributed by atoms with Gasteiger partial charge in [-0.3, -0.25) is 4.90 Å². The van der Waals surface area contributed by atoms with Crippen LogP contribution >= 0.6 is 0 Å². The van der Waals surface area contributed by atoms with Crippen molar-refractivity contribution in [1.29, 1.82) is 0 Å². The van der Waals surface area contributed by atoms with Crippen LogP contribution in [-0.4, -0.2) is 48.6 Å². The molecule has 2 aliphatic rings. The molecular formula is C20H32N2O. The van der Waals surface area contributed by atoms with Gasteiger partial charge in [0.2, 0.25) is 0 Å². The van der Waals surface area contributed by atoms with E-state index in [0.717, 1.165) is 24.3 Å². The Balaban J connectivity index is 1.58. The van der Waals surface area contributed by atoms with E-state index in [4.69, 9.17) is 4.74 Å². The summed E-state index contributed by atoms with van der Waals surface area (Å²) in [5.74, 6) is 1.90. The van der Waals surface area contributed by atoms with E-state index >= 15 is 0 Å². The lowest BCUT2D eigenvalue weighted by Gasteiger charge is -2.37. The van der Waals surface area contributed by atoms with Crippen LogP contribution < -0.4 is 4.74 Å². The minimum Gasteiger partial charge on any atom is -0.496 e. The Morgan fingerprint density at radius 2 is 1.83 bits per heavy atom. The molecule has 0 bridgehead atoms. The van der Waals surface area contributed by atoms with Crippen LogP contribution in [0.2, 0.25) is 0 Å². The number of para-hydroxylation sites is 1. The largest absolute Gasteiger partial charge is 0.496 e. The lowest BCUT2D eigenvalue weighted by molar-refractivity contribution is 0.116. The predicted molar refractivity (Wildman–Crippen MR) is 95.9 cm³/mol. The van der Waals surface area contributed by atoms with Gasteiger partial charge in [-0.25, -0.2) is 0 Å². The molecule has 0 aromatic heterocycles. The highest BCUT2D eigenvalue weighted by atomic mass is 16.5. The quantitative estimate of drug-likeness (QED) is 0.761. The summed E-state index contributed by atoms with van der Waals surface area (Å²) in [7, 11) is 1.78. The molecule has 0 spiro atoms. The van der Waals surface area contributed by atoms with E-state index in [1.54, 1.807) is 7.11 Å². The number of piperidine rings is 1. The van der Waals surface area contributed by atoms with Crippen molar-refractivity contribution < 1.29 is 4.74 Å². The molecule has 1 aromatic rings. The first-order valence-corrected chi connectivity index (χ1v) is 9.27. The Hall–Kier alpha value is -1.06. The normalized spacial score (nSPS) is 20.4. The molecule has 1 aliphatic carbocycles. The molecule has 1 saturated heterocycles. The van der Waals surface area contributed by atoms with Gasteiger partial charge in [0.25, 0.3) is 0 Å². The fourth-order valence-electron chi connectivity index (χ4n) is 3.82. The Labute approximate surface area is 141 Å². The third-order valence-corrected chi connectivity index (χ3v) is 5.50. The molecule has 0 amide bonds. The fourth-order valence-corrected chi connectivity index (χ4v) is 3.82. The van der Waals surface area contributed by atoms with Gasteiger partial charge in [0.15, 0.2) is 0 Å². The smallest absolute Gasteiger partial charge is 0.123 e. The molecule has 0 radical (unpaired) electrons. The third-order valence-electron chi connectivity index (χ3n) is 5.50. The zero-order valence-electron chi connectivity index (χ0n) is 15.0. The molecule has 1 saturated carbocycles. The van der Waals surface area contributed by atoms with Crippen molar-refractivity contribution in [2.24, 2.45) is 5.92 Å². The number of ether oxygens (including phenoxy) is 1. The maximum atomic E-state index is 5.54. The molecule has 128 valence electrons. The van der Waals surface area contributed by atoms with E-state index < -0.39 is 0 Å². The number of likely N-dealkylation sites (tertiary alicyclic amines) is 1. The van der Waals surface area contributed by atoms with Gasteiger partial charge in [0.05, 0.1) is 7.11 Å². The standard InChI is InChI=1S/C20H32N2O/c1-16(2)21-12-10-17(11-13-21)14-22(19-8-9-19)15-18-6-4-5-7-20(18)23-3/h4-7,16-17,19H,8-15H2,1-3H3. The Kier molecular flexibility index (Phi) is 5.60. The lowest BCUT2D eigenvalue weighted by Crippen LogP contribution is -2.42. The summed E-state index contributed by atoms with van der Waals surface area (Å²) < 4.78 is 5.54. The van der Waals surface area contributed by atoms with E-state index in [1.165, 1.54) is 50.9 Å². The highest BCUT2D eigenvalue weighted by Gasteiger charge is 2.32. The van der Waals surface area contributed by atoms with Crippen molar-refractivity contribution in [2.75, 3.05) is 26.7 Å². The number of hydrogen-bond donors (Lipinski definition) is 0. The van der Waals surface area contributed by atoms with Gasteiger partial charge in [-0.2, -0.15) is 0 Å². The zero-order chi connectivity index (χ0) is 16.2. The number of rotatable bonds is 7. The molecule has 0 unspecified atom stereocenters. The Morgan fingerprint density at radius 3 is 2.43 bits per heavy atom. The molecular weight excluding hydrogens is 284 g/mol. The van der Waals surface area contributed by atoms with Gasteiger partial charge in [-0.05, 0) is 64.6 Å². The van der Waals surface area contributed by atoms with Crippen molar-refractivity contribution in [2.45, 2.75) is 58.2 Å². The first kappa shape index (κ1) is 16.8. The molecule has 3 nitrogen and oxygen atoms in total. The van der Waals surface area contributed by atoms with Gasteiger partial charge in [-0.15, -0.1) is 0 Å². The molecule has 0 N–H and O–H groups in total. The van der Waals surface area contributed by atoms with Crippen LogP contribution in [0, 0.1) is 5.92 Å². The van der Waals surface area contributed by atoms with E-state index in [1.807, 2.05) is 0 Å². The van der Waals surface area contributed by atoms with E-state index in [2.05, 4.69) is 47.9 Å². The van der Waals surface area contributed by atoms with Crippen LogP contribution in [0.5, 0.6) is 5.75 Å². The van der Waals surface area contributed by atoms with Crippen molar-refractivity contribution >= 4 is 0 Å². The second-order valence-electron chi connectivity index (χ2n) is 7.55. The van der Waals surface area contributed by atoms with E-state index in [-0.39, 0.29) is 0 Å². The maximum absolute atomic E-state index is 5.54. The van der Waals surface area contributed by atoms with E-state index in [0.29, 0.717) is 6.04 Å². The summed E-state index contributed by atoms with van der Waals surface area (Å²) in [6.45, 7) is 9.48. The summed E-state index contributed by atoms with van der Waals surface area (Å²) >= 11 is 0. The first-order chi connectivity index (χ1) is 11.2. The van der Waals surface area contributed by atoms with Crippen LogP contribution in [0.4, 0.5) is 0 Å². The van der Waals surface area contributed by atoms with Crippen LogP contribution in [0.15, 0.2) is 24.3 Å². The SMILES string of the molecule is COc1ccccc1CN(CC1CCN(C(C)C)CC1)C1CC1. The molecule has 23 heavy (non-hydrogen) atoms. The average Bonchev–Trinajstić information content (AvgIpc) is 3.40. The van der Waals surface area contributed by atoms with Gasteiger partial charge >= 0.3 is 0 Å². The second-order valence-corrected chi connectivity index (χ2v) is 7.55. The van der Waals surface area contributed by atoms with Crippen LogP contribution in [0.1, 0.15) is 45.1 Å². The summed E-state index contributed by atoms with van der Waals surface area (Å²) in [6.07, 6.45) is 5.46. The highest BCUT2D eigenvalue weighted by Crippen LogP contribution is 2.32. The average molecular weight is 316 g/mol. The van der Waals surface area contributed by atoms with Crippen molar-refractivity contribution in [3.63, 3.8) is 0 Å². The van der Waals surface area contributed by atoms with Gasteiger partial charge in [0.1, 0.15) is 5.75 Å². The molecule has 3 rings (SSSR count). The second kappa shape index (κ2) is 7.67. The molecule has 2 fully saturated rings. The van der Waals surface area contributed by atoms with Gasteiger partial charge in [-0.1, -0.05) is 18.2 Å². The number of hydrogen-bond acceptors (Lipinski definition) is 3. The van der Waals surface area contributed by atoms with Crippen LogP contribution in [0.25, 0.3) is 0 Å². The highest BCUT2D eigenvalue weighted by molar-refractivity contribution is 5.33. The minimum absolute atomic E-state index is 0.698. The third kappa shape index (κ3) is 4.48. The maximum Gasteiger partial charge on any atom is 0.123 e. The molecule has 0 atom stereocenters.